The number of nitrogens with zero attached hydrogens (tertiary/aromatic N) is 3. The summed E-state index contributed by atoms with van der Waals surface area (Å²) in [5, 5.41) is 0.0794. The van der Waals surface area contributed by atoms with Crippen molar-refractivity contribution in [2.24, 2.45) is 0 Å². The first-order valence-corrected chi connectivity index (χ1v) is 10.9. The first-order chi connectivity index (χ1) is 15.0. The molecule has 1 amide bonds. The number of carbonyl (C=O) groups excluding carboxylic acids is 1. The Morgan fingerprint density at radius 2 is 1.90 bits per heavy atom. The molecule has 0 aliphatic rings. The topological polar surface area (TPSA) is 51.3 Å². The molecule has 6 heteroatoms. The number of halogens is 1. The molecule has 0 aliphatic heterocycles. The van der Waals surface area contributed by atoms with Crippen molar-refractivity contribution in [1.29, 1.82) is 0 Å². The van der Waals surface area contributed by atoms with Crippen molar-refractivity contribution >= 4 is 28.6 Å². The van der Waals surface area contributed by atoms with Gasteiger partial charge in [-0.3, -0.25) is 4.79 Å². The number of hydrogen-bond donors (Lipinski definition) is 0. The van der Waals surface area contributed by atoms with E-state index in [1.807, 2.05) is 23.1 Å². The predicted molar refractivity (Wildman–Crippen MR) is 124 cm³/mol. The van der Waals surface area contributed by atoms with Gasteiger partial charge in [0.1, 0.15) is 5.52 Å². The minimum Gasteiger partial charge on any atom is -0.428 e. The van der Waals surface area contributed by atoms with E-state index in [2.05, 4.69) is 48.5 Å². The average Bonchev–Trinajstić information content (AvgIpc) is 3.28. The molecule has 0 saturated carbocycles. The zero-order valence-electron chi connectivity index (χ0n) is 18.1. The van der Waals surface area contributed by atoms with E-state index in [9.17, 15) is 4.79 Å². The molecule has 2 heterocycles. The van der Waals surface area contributed by atoms with Gasteiger partial charge in [-0.25, -0.2) is 0 Å². The normalized spacial score (nSPS) is 11.2. The number of aryl methyl sites for hydroxylation is 1. The minimum absolute atomic E-state index is 0.0148. The van der Waals surface area contributed by atoms with Gasteiger partial charge in [-0.2, -0.15) is 4.98 Å². The van der Waals surface area contributed by atoms with E-state index in [4.69, 9.17) is 16.0 Å². The smallest absolute Gasteiger partial charge is 0.293 e. The van der Waals surface area contributed by atoms with Crippen LogP contribution in [0.25, 0.3) is 16.8 Å². The van der Waals surface area contributed by atoms with Crippen LogP contribution < -0.4 is 0 Å². The van der Waals surface area contributed by atoms with E-state index in [0.29, 0.717) is 29.8 Å². The molecule has 160 valence electrons. The number of fused-ring (bicyclic) bond motifs is 1. The molecule has 0 bridgehead atoms. The lowest BCUT2D eigenvalue weighted by atomic mass is 10.1. The van der Waals surface area contributed by atoms with Crippen molar-refractivity contribution in [2.75, 3.05) is 6.54 Å². The van der Waals surface area contributed by atoms with Gasteiger partial charge in [-0.15, -0.1) is 0 Å². The quantitative estimate of drug-likeness (QED) is 0.340. The summed E-state index contributed by atoms with van der Waals surface area (Å²) >= 11 is 5.86. The average molecular weight is 436 g/mol. The van der Waals surface area contributed by atoms with Gasteiger partial charge in [0.2, 0.25) is 0 Å². The molecule has 0 atom stereocenters. The van der Waals surface area contributed by atoms with Crippen molar-refractivity contribution in [3.05, 3.63) is 82.5 Å². The number of oxazole rings is 1. The molecule has 0 aliphatic carbocycles. The number of rotatable bonds is 7. The molecule has 4 rings (SSSR count). The molecule has 2 aromatic carbocycles. The highest BCUT2D eigenvalue weighted by Gasteiger charge is 2.20. The largest absolute Gasteiger partial charge is 0.428 e. The van der Waals surface area contributed by atoms with Crippen molar-refractivity contribution in [2.45, 2.75) is 40.2 Å². The number of unbranched alkanes of at least 4 members (excludes halogenated alkanes) is 1. The third-order valence-electron chi connectivity index (χ3n) is 5.59. The number of para-hydroxylation sites is 1. The molecule has 0 N–H and O–H groups in total. The van der Waals surface area contributed by atoms with E-state index < -0.39 is 0 Å². The van der Waals surface area contributed by atoms with Gasteiger partial charge < -0.3 is 13.9 Å². The van der Waals surface area contributed by atoms with Gasteiger partial charge >= 0.3 is 0 Å². The highest BCUT2D eigenvalue weighted by Crippen LogP contribution is 2.24. The van der Waals surface area contributed by atoms with Crippen LogP contribution in [-0.2, 0) is 6.54 Å². The second-order valence-electron chi connectivity index (χ2n) is 7.80. The monoisotopic (exact) mass is 435 g/mol. The molecule has 31 heavy (non-hydrogen) atoms. The van der Waals surface area contributed by atoms with Gasteiger partial charge in [0.05, 0.1) is 0 Å². The Morgan fingerprint density at radius 1 is 1.13 bits per heavy atom. The van der Waals surface area contributed by atoms with Crippen LogP contribution in [0.4, 0.5) is 0 Å². The first kappa shape index (κ1) is 21.2. The Kier molecular flexibility index (Phi) is 6.14. The molecule has 0 saturated heterocycles. The summed E-state index contributed by atoms with van der Waals surface area (Å²) in [5.74, 6) is -0.0148. The molecule has 5 nitrogen and oxygen atoms in total. The number of hydrogen-bond acceptors (Lipinski definition) is 3. The Bertz CT molecular complexity index is 1210. The lowest BCUT2D eigenvalue weighted by molar-refractivity contribution is 0.0740. The van der Waals surface area contributed by atoms with Crippen LogP contribution in [0, 0.1) is 13.8 Å². The Labute approximate surface area is 187 Å². The van der Waals surface area contributed by atoms with Crippen LogP contribution in [0.1, 0.15) is 47.1 Å². The third-order valence-corrected chi connectivity index (χ3v) is 5.75. The van der Waals surface area contributed by atoms with Gasteiger partial charge in [0, 0.05) is 35.7 Å². The molecule has 0 unspecified atom stereocenters. The summed E-state index contributed by atoms with van der Waals surface area (Å²) in [6, 6.07) is 17.7. The summed E-state index contributed by atoms with van der Waals surface area (Å²) in [6.45, 7) is 7.60. The van der Waals surface area contributed by atoms with Crippen LogP contribution >= 0.6 is 11.6 Å². The van der Waals surface area contributed by atoms with E-state index in [1.54, 1.807) is 18.2 Å². The second-order valence-corrected chi connectivity index (χ2v) is 8.12. The van der Waals surface area contributed by atoms with Gasteiger partial charge in [-0.1, -0.05) is 31.5 Å². The number of aromatic nitrogens is 2. The molecular formula is C25H26ClN3O2. The van der Waals surface area contributed by atoms with E-state index in [1.165, 1.54) is 0 Å². The molecule has 4 aromatic rings. The molecule has 0 fully saturated rings. The first-order valence-electron chi connectivity index (χ1n) is 10.6. The Balaban J connectivity index is 1.64. The maximum Gasteiger partial charge on any atom is 0.293 e. The fourth-order valence-electron chi connectivity index (χ4n) is 3.99. The summed E-state index contributed by atoms with van der Waals surface area (Å²) in [6.07, 6.45) is 1.96. The maximum absolute atomic E-state index is 13.4. The van der Waals surface area contributed by atoms with Crippen molar-refractivity contribution in [3.8, 4) is 5.69 Å². The molecule has 0 spiro atoms. The summed E-state index contributed by atoms with van der Waals surface area (Å²) in [5.41, 5.74) is 6.34. The highest BCUT2D eigenvalue weighted by atomic mass is 35.5. The summed E-state index contributed by atoms with van der Waals surface area (Å²) in [4.78, 5) is 19.5. The van der Waals surface area contributed by atoms with Crippen LogP contribution in [-0.4, -0.2) is 26.9 Å². The SMILES string of the molecule is CCCCN(Cc1cc(C)n(-c2ccccc2)c1C)C(=O)c1ccc2oc(Cl)nc2c1. The predicted octanol–water partition coefficient (Wildman–Crippen LogP) is 6.33. The van der Waals surface area contributed by atoms with Crippen molar-refractivity contribution < 1.29 is 9.21 Å². The zero-order chi connectivity index (χ0) is 22.0. The fourth-order valence-corrected chi connectivity index (χ4v) is 4.16. The van der Waals surface area contributed by atoms with Gasteiger partial charge in [-0.05, 0) is 73.8 Å². The van der Waals surface area contributed by atoms with E-state index in [0.717, 1.165) is 35.5 Å². The number of carbonyl (C=O) groups is 1. The molecule has 0 radical (unpaired) electrons. The van der Waals surface area contributed by atoms with Crippen molar-refractivity contribution in [3.63, 3.8) is 0 Å². The van der Waals surface area contributed by atoms with Crippen LogP contribution in [0.5, 0.6) is 0 Å². The molecular weight excluding hydrogens is 410 g/mol. The van der Waals surface area contributed by atoms with E-state index in [-0.39, 0.29) is 11.3 Å². The second kappa shape index (κ2) is 8.98. The Morgan fingerprint density at radius 3 is 2.65 bits per heavy atom. The Hall–Kier alpha value is -3.05. The lowest BCUT2D eigenvalue weighted by Crippen LogP contribution is -2.31. The third kappa shape index (κ3) is 4.37. The van der Waals surface area contributed by atoms with Crippen LogP contribution in [0.15, 0.2) is 59.0 Å². The van der Waals surface area contributed by atoms with Gasteiger partial charge in [0.15, 0.2) is 5.58 Å². The van der Waals surface area contributed by atoms with Crippen LogP contribution in [0.2, 0.25) is 5.35 Å². The zero-order valence-corrected chi connectivity index (χ0v) is 18.8. The van der Waals surface area contributed by atoms with Crippen molar-refractivity contribution in [1.82, 2.24) is 14.5 Å². The summed E-state index contributed by atoms with van der Waals surface area (Å²) in [7, 11) is 0. The standard InChI is InChI=1S/C25H26ClN3O2/c1-4-5-13-28(24(30)19-11-12-23-22(15-19)27-25(26)31-23)16-20-14-17(2)29(18(20)3)21-9-7-6-8-10-21/h6-12,14-15H,4-5,13,16H2,1-3H3. The number of amides is 1. The fraction of sp³-hybridized carbons (Fsp3) is 0.280. The van der Waals surface area contributed by atoms with Crippen LogP contribution in [0.3, 0.4) is 0 Å². The molecule has 2 aromatic heterocycles. The van der Waals surface area contributed by atoms with E-state index >= 15 is 0 Å². The minimum atomic E-state index is -0.0148. The highest BCUT2D eigenvalue weighted by molar-refractivity contribution is 6.28. The summed E-state index contributed by atoms with van der Waals surface area (Å²) < 4.78 is 7.56. The van der Waals surface area contributed by atoms with Gasteiger partial charge in [0.25, 0.3) is 11.3 Å². The number of benzene rings is 2. The lowest BCUT2D eigenvalue weighted by Gasteiger charge is -2.23. The maximum atomic E-state index is 13.4.